The lowest BCUT2D eigenvalue weighted by atomic mass is 10.2. The predicted octanol–water partition coefficient (Wildman–Crippen LogP) is 1.06. The SMILES string of the molecule is C=CC1(NS(=O)(=O)NC(=O)OC(C)(C)C)CC1. The Hall–Kier alpha value is -1.08. The highest BCUT2D eigenvalue weighted by atomic mass is 32.2. The molecule has 0 aromatic heterocycles. The Morgan fingerprint density at radius 3 is 2.29 bits per heavy atom. The molecule has 0 saturated heterocycles. The van der Waals surface area contributed by atoms with Crippen molar-refractivity contribution in [2.75, 3.05) is 0 Å². The topological polar surface area (TPSA) is 84.5 Å². The molecule has 0 heterocycles. The van der Waals surface area contributed by atoms with E-state index in [4.69, 9.17) is 4.74 Å². The van der Waals surface area contributed by atoms with Crippen molar-refractivity contribution < 1.29 is 17.9 Å². The van der Waals surface area contributed by atoms with Gasteiger partial charge in [0.1, 0.15) is 5.60 Å². The number of ether oxygens (including phenoxy) is 1. The van der Waals surface area contributed by atoms with Gasteiger partial charge in [0, 0.05) is 0 Å². The van der Waals surface area contributed by atoms with Gasteiger partial charge in [-0.15, -0.1) is 6.58 Å². The van der Waals surface area contributed by atoms with Crippen molar-refractivity contribution >= 4 is 16.3 Å². The number of nitrogens with one attached hydrogen (secondary N) is 2. The fraction of sp³-hybridized carbons (Fsp3) is 0.700. The van der Waals surface area contributed by atoms with Crippen LogP contribution in [0.4, 0.5) is 4.79 Å². The average molecular weight is 262 g/mol. The molecule has 0 spiro atoms. The molecule has 7 heteroatoms. The van der Waals surface area contributed by atoms with Crippen LogP contribution in [0.5, 0.6) is 0 Å². The third-order valence-electron chi connectivity index (χ3n) is 2.13. The fourth-order valence-corrected chi connectivity index (χ4v) is 2.32. The largest absolute Gasteiger partial charge is 0.443 e. The number of carbonyl (C=O) groups excluding carboxylic acids is 1. The van der Waals surface area contributed by atoms with E-state index in [9.17, 15) is 13.2 Å². The Bertz CT molecular complexity index is 418. The van der Waals surface area contributed by atoms with Crippen LogP contribution >= 0.6 is 0 Å². The van der Waals surface area contributed by atoms with Crippen molar-refractivity contribution in [3.63, 3.8) is 0 Å². The third-order valence-corrected chi connectivity index (χ3v) is 3.24. The van der Waals surface area contributed by atoms with Gasteiger partial charge < -0.3 is 4.74 Å². The molecule has 0 aromatic rings. The van der Waals surface area contributed by atoms with Crippen molar-refractivity contribution in [2.45, 2.75) is 44.8 Å². The second-order valence-electron chi connectivity index (χ2n) is 5.07. The number of amides is 1. The van der Waals surface area contributed by atoms with Crippen LogP contribution in [0.25, 0.3) is 0 Å². The van der Waals surface area contributed by atoms with Gasteiger partial charge >= 0.3 is 16.3 Å². The first-order valence-corrected chi connectivity index (χ1v) is 6.74. The second kappa shape index (κ2) is 4.30. The lowest BCUT2D eigenvalue weighted by Crippen LogP contribution is -2.47. The molecule has 0 aliphatic heterocycles. The zero-order chi connectivity index (χ0) is 13.3. The van der Waals surface area contributed by atoms with E-state index in [1.807, 2.05) is 0 Å². The Kier molecular flexibility index (Phi) is 3.54. The highest BCUT2D eigenvalue weighted by molar-refractivity contribution is 7.88. The maximum absolute atomic E-state index is 11.6. The molecule has 1 saturated carbocycles. The molecule has 1 aliphatic carbocycles. The van der Waals surface area contributed by atoms with Crippen LogP contribution in [0.3, 0.4) is 0 Å². The van der Waals surface area contributed by atoms with Crippen LogP contribution < -0.4 is 9.44 Å². The summed E-state index contributed by atoms with van der Waals surface area (Å²) in [4.78, 5) is 11.3. The van der Waals surface area contributed by atoms with Crippen LogP contribution in [0.1, 0.15) is 33.6 Å². The van der Waals surface area contributed by atoms with E-state index in [0.717, 1.165) is 0 Å². The van der Waals surface area contributed by atoms with Gasteiger partial charge in [-0.05, 0) is 33.6 Å². The highest BCUT2D eigenvalue weighted by Crippen LogP contribution is 2.36. The Labute approximate surface area is 102 Å². The number of hydrogen-bond acceptors (Lipinski definition) is 4. The normalized spacial score (nSPS) is 18.3. The van der Waals surface area contributed by atoms with Crippen molar-refractivity contribution in [1.29, 1.82) is 0 Å². The first-order chi connectivity index (χ1) is 7.58. The summed E-state index contributed by atoms with van der Waals surface area (Å²) in [7, 11) is -3.91. The van der Waals surface area contributed by atoms with Crippen LogP contribution in [0.15, 0.2) is 12.7 Å². The quantitative estimate of drug-likeness (QED) is 0.742. The first kappa shape index (κ1) is 14.0. The van der Waals surface area contributed by atoms with E-state index < -0.39 is 27.4 Å². The Balaban J connectivity index is 2.56. The van der Waals surface area contributed by atoms with Gasteiger partial charge in [0.25, 0.3) is 0 Å². The summed E-state index contributed by atoms with van der Waals surface area (Å²) >= 11 is 0. The standard InChI is InChI=1S/C10H18N2O4S/c1-5-10(6-7-10)12-17(14,15)11-8(13)16-9(2,3)4/h5,12H,1,6-7H2,2-4H3,(H,11,13). The lowest BCUT2D eigenvalue weighted by molar-refractivity contribution is 0.0569. The van der Waals surface area contributed by atoms with E-state index in [1.54, 1.807) is 25.5 Å². The van der Waals surface area contributed by atoms with Gasteiger partial charge in [-0.2, -0.15) is 13.1 Å². The molecular formula is C10H18N2O4S. The van der Waals surface area contributed by atoms with Gasteiger partial charge in [0.2, 0.25) is 0 Å². The summed E-state index contributed by atoms with van der Waals surface area (Å²) < 4.78 is 32.1. The zero-order valence-corrected chi connectivity index (χ0v) is 11.1. The number of hydrogen-bond donors (Lipinski definition) is 2. The van der Waals surface area contributed by atoms with Crippen molar-refractivity contribution in [3.05, 3.63) is 12.7 Å². The zero-order valence-electron chi connectivity index (χ0n) is 10.2. The van der Waals surface area contributed by atoms with E-state index in [-0.39, 0.29) is 0 Å². The predicted molar refractivity (Wildman–Crippen MR) is 63.6 cm³/mol. The van der Waals surface area contributed by atoms with Crippen molar-refractivity contribution in [1.82, 2.24) is 9.44 Å². The smallest absolute Gasteiger partial charge is 0.422 e. The molecule has 2 N–H and O–H groups in total. The van der Waals surface area contributed by atoms with Gasteiger partial charge in [-0.25, -0.2) is 9.52 Å². The van der Waals surface area contributed by atoms with Gasteiger partial charge in [0.15, 0.2) is 0 Å². The molecule has 1 fully saturated rings. The molecule has 0 atom stereocenters. The minimum Gasteiger partial charge on any atom is -0.443 e. The minimum absolute atomic E-state index is 0.603. The van der Waals surface area contributed by atoms with E-state index in [2.05, 4.69) is 11.3 Å². The minimum atomic E-state index is -3.91. The molecule has 1 rings (SSSR count). The van der Waals surface area contributed by atoms with Gasteiger partial charge in [0.05, 0.1) is 5.54 Å². The molecule has 17 heavy (non-hydrogen) atoms. The lowest BCUT2D eigenvalue weighted by Gasteiger charge is -2.20. The summed E-state index contributed by atoms with van der Waals surface area (Å²) in [6.45, 7) is 8.50. The van der Waals surface area contributed by atoms with Crippen molar-refractivity contribution in [3.8, 4) is 0 Å². The number of carbonyl (C=O) groups is 1. The second-order valence-corrected chi connectivity index (χ2v) is 6.48. The average Bonchev–Trinajstić information content (AvgIpc) is 2.79. The Morgan fingerprint density at radius 1 is 1.41 bits per heavy atom. The Morgan fingerprint density at radius 2 is 1.94 bits per heavy atom. The fourth-order valence-electron chi connectivity index (χ4n) is 1.18. The van der Waals surface area contributed by atoms with E-state index in [1.165, 1.54) is 6.08 Å². The maximum Gasteiger partial charge on any atom is 0.422 e. The van der Waals surface area contributed by atoms with Crippen LogP contribution in [-0.4, -0.2) is 25.7 Å². The molecule has 6 nitrogen and oxygen atoms in total. The molecule has 0 radical (unpaired) electrons. The highest BCUT2D eigenvalue weighted by Gasteiger charge is 2.43. The van der Waals surface area contributed by atoms with Crippen LogP contribution in [0, 0.1) is 0 Å². The van der Waals surface area contributed by atoms with Crippen LogP contribution in [0.2, 0.25) is 0 Å². The number of rotatable bonds is 4. The first-order valence-electron chi connectivity index (χ1n) is 5.26. The summed E-state index contributed by atoms with van der Waals surface area (Å²) in [5.41, 5.74) is -1.34. The summed E-state index contributed by atoms with van der Waals surface area (Å²) in [5, 5.41) is 0. The molecule has 1 aliphatic rings. The van der Waals surface area contributed by atoms with E-state index >= 15 is 0 Å². The molecule has 0 unspecified atom stereocenters. The molecule has 98 valence electrons. The van der Waals surface area contributed by atoms with Crippen molar-refractivity contribution in [2.24, 2.45) is 0 Å². The molecule has 0 bridgehead atoms. The summed E-state index contributed by atoms with van der Waals surface area (Å²) in [6.07, 6.45) is 1.91. The molecule has 0 aromatic carbocycles. The third kappa shape index (κ3) is 4.74. The van der Waals surface area contributed by atoms with Gasteiger partial charge in [-0.3, -0.25) is 0 Å². The molecule has 1 amide bonds. The summed E-state index contributed by atoms with van der Waals surface area (Å²) in [6, 6.07) is 0. The van der Waals surface area contributed by atoms with E-state index in [0.29, 0.717) is 12.8 Å². The van der Waals surface area contributed by atoms with Crippen LogP contribution in [-0.2, 0) is 14.9 Å². The maximum atomic E-state index is 11.6. The summed E-state index contributed by atoms with van der Waals surface area (Å²) in [5.74, 6) is 0. The molecular weight excluding hydrogens is 244 g/mol. The van der Waals surface area contributed by atoms with Gasteiger partial charge in [-0.1, -0.05) is 6.08 Å². The monoisotopic (exact) mass is 262 g/mol.